The van der Waals surface area contributed by atoms with Gasteiger partial charge in [-0.2, -0.15) is 0 Å². The molecule has 1 heterocycles. The predicted octanol–water partition coefficient (Wildman–Crippen LogP) is 2.90. The van der Waals surface area contributed by atoms with E-state index in [1.165, 1.54) is 0 Å². The zero-order chi connectivity index (χ0) is 15.2. The molecule has 0 bridgehead atoms. The predicted molar refractivity (Wildman–Crippen MR) is 80.0 cm³/mol. The van der Waals surface area contributed by atoms with E-state index in [0.717, 1.165) is 0 Å². The summed E-state index contributed by atoms with van der Waals surface area (Å²) < 4.78 is 23.3. The number of ether oxygens (including phenoxy) is 4. The fraction of sp³-hybridized carbons (Fsp3) is 1.00. The molecule has 120 valence electrons. The van der Waals surface area contributed by atoms with Gasteiger partial charge in [0.15, 0.2) is 0 Å². The lowest BCUT2D eigenvalue weighted by molar-refractivity contribution is -0.168. The minimum Gasteiger partial charge on any atom is -0.377 e. The van der Waals surface area contributed by atoms with Crippen LogP contribution in [0.1, 0.15) is 41.5 Å². The molecule has 0 spiro atoms. The van der Waals surface area contributed by atoms with Gasteiger partial charge in [-0.25, -0.2) is 0 Å². The van der Waals surface area contributed by atoms with E-state index in [0.29, 0.717) is 39.6 Å². The van der Waals surface area contributed by atoms with Crippen LogP contribution in [-0.2, 0) is 18.9 Å². The fourth-order valence-corrected chi connectivity index (χ4v) is 2.37. The van der Waals surface area contributed by atoms with Crippen LogP contribution in [0.25, 0.3) is 0 Å². The molecule has 20 heavy (non-hydrogen) atoms. The first-order chi connectivity index (χ1) is 9.23. The lowest BCUT2D eigenvalue weighted by atomic mass is 9.76. The highest BCUT2D eigenvalue weighted by atomic mass is 16.6. The van der Waals surface area contributed by atoms with Crippen molar-refractivity contribution in [3.8, 4) is 0 Å². The third kappa shape index (κ3) is 6.08. The van der Waals surface area contributed by atoms with Crippen molar-refractivity contribution in [2.75, 3.05) is 39.6 Å². The molecule has 0 aromatic carbocycles. The van der Waals surface area contributed by atoms with E-state index in [9.17, 15) is 0 Å². The van der Waals surface area contributed by atoms with Crippen LogP contribution in [-0.4, -0.2) is 51.8 Å². The monoisotopic (exact) mass is 288 g/mol. The van der Waals surface area contributed by atoms with E-state index >= 15 is 0 Å². The van der Waals surface area contributed by atoms with Crippen molar-refractivity contribution in [1.82, 2.24) is 0 Å². The molecule has 0 aromatic heterocycles. The summed E-state index contributed by atoms with van der Waals surface area (Å²) in [5, 5.41) is 0. The molecule has 1 aliphatic rings. The minimum absolute atomic E-state index is 0.0168. The van der Waals surface area contributed by atoms with E-state index in [2.05, 4.69) is 41.5 Å². The van der Waals surface area contributed by atoms with Gasteiger partial charge < -0.3 is 18.9 Å². The maximum absolute atomic E-state index is 6.13. The Kier molecular flexibility index (Phi) is 6.92. The van der Waals surface area contributed by atoms with E-state index in [1.54, 1.807) is 0 Å². The summed E-state index contributed by atoms with van der Waals surface area (Å²) in [5.41, 5.74) is 0.0336. The zero-order valence-electron chi connectivity index (χ0n) is 14.0. The first-order valence-corrected chi connectivity index (χ1v) is 7.61. The summed E-state index contributed by atoms with van der Waals surface area (Å²) in [6.45, 7) is 16.8. The van der Waals surface area contributed by atoms with Gasteiger partial charge >= 0.3 is 0 Å². The average Bonchev–Trinajstić information content (AvgIpc) is 2.26. The van der Waals surface area contributed by atoms with Gasteiger partial charge in [0.2, 0.25) is 0 Å². The second kappa shape index (κ2) is 7.74. The van der Waals surface area contributed by atoms with Crippen molar-refractivity contribution < 1.29 is 18.9 Å². The maximum Gasteiger partial charge on any atom is 0.0891 e. The Balaban J connectivity index is 2.82. The summed E-state index contributed by atoms with van der Waals surface area (Å²) in [6.07, 6.45) is 0.0658. The quantitative estimate of drug-likeness (QED) is 0.687. The Morgan fingerprint density at radius 2 is 0.850 bits per heavy atom. The Hall–Kier alpha value is -0.160. The number of hydrogen-bond donors (Lipinski definition) is 0. The van der Waals surface area contributed by atoms with Crippen LogP contribution in [0.5, 0.6) is 0 Å². The third-order valence-electron chi connectivity index (χ3n) is 3.40. The maximum atomic E-state index is 6.13. The van der Waals surface area contributed by atoms with Crippen LogP contribution in [0.3, 0.4) is 0 Å². The van der Waals surface area contributed by atoms with Crippen molar-refractivity contribution in [2.24, 2.45) is 10.8 Å². The molecule has 0 aromatic rings. The molecule has 2 atom stereocenters. The Labute approximate surface area is 124 Å². The van der Waals surface area contributed by atoms with Gasteiger partial charge in [0.05, 0.1) is 51.8 Å². The number of hydrogen-bond acceptors (Lipinski definition) is 4. The van der Waals surface area contributed by atoms with Crippen LogP contribution in [0.2, 0.25) is 0 Å². The van der Waals surface area contributed by atoms with E-state index in [4.69, 9.17) is 18.9 Å². The molecule has 2 unspecified atom stereocenters. The molecule has 1 saturated heterocycles. The minimum atomic E-state index is 0.0168. The molecule has 4 heteroatoms. The molecule has 1 fully saturated rings. The lowest BCUT2D eigenvalue weighted by Gasteiger charge is -2.43. The topological polar surface area (TPSA) is 36.9 Å². The van der Waals surface area contributed by atoms with Gasteiger partial charge in [-0.15, -0.1) is 0 Å². The van der Waals surface area contributed by atoms with E-state index < -0.39 is 0 Å². The lowest BCUT2D eigenvalue weighted by Crippen LogP contribution is -2.49. The highest BCUT2D eigenvalue weighted by molar-refractivity contribution is 4.89. The fourth-order valence-electron chi connectivity index (χ4n) is 2.37. The summed E-state index contributed by atoms with van der Waals surface area (Å²) in [4.78, 5) is 0. The molecule has 0 aliphatic carbocycles. The first kappa shape index (κ1) is 17.9. The Bertz CT molecular complexity index is 237. The van der Waals surface area contributed by atoms with E-state index in [-0.39, 0.29) is 23.0 Å². The SMILES string of the molecule is CC(C)(C)C1OCCOCCOCCOC1C(C)(C)C. The molecule has 0 amide bonds. The van der Waals surface area contributed by atoms with Crippen molar-refractivity contribution in [1.29, 1.82) is 0 Å². The zero-order valence-corrected chi connectivity index (χ0v) is 14.0. The summed E-state index contributed by atoms with van der Waals surface area (Å²) in [6, 6.07) is 0. The second-order valence-corrected chi connectivity index (χ2v) is 7.54. The smallest absolute Gasteiger partial charge is 0.0891 e. The van der Waals surface area contributed by atoms with Crippen LogP contribution >= 0.6 is 0 Å². The van der Waals surface area contributed by atoms with Gasteiger partial charge in [-0.3, -0.25) is 0 Å². The first-order valence-electron chi connectivity index (χ1n) is 7.61. The van der Waals surface area contributed by atoms with Crippen molar-refractivity contribution in [3.63, 3.8) is 0 Å². The summed E-state index contributed by atoms with van der Waals surface area (Å²) >= 11 is 0. The Morgan fingerprint density at radius 3 is 1.15 bits per heavy atom. The van der Waals surface area contributed by atoms with Gasteiger partial charge in [0, 0.05) is 0 Å². The summed E-state index contributed by atoms with van der Waals surface area (Å²) in [5.74, 6) is 0. The van der Waals surface area contributed by atoms with Crippen molar-refractivity contribution in [3.05, 3.63) is 0 Å². The molecule has 4 nitrogen and oxygen atoms in total. The standard InChI is InChI=1S/C16H32O4/c1-15(2,3)13-14(16(4,5)6)20-12-10-18-8-7-17-9-11-19-13/h13-14H,7-12H2,1-6H3. The average molecular weight is 288 g/mol. The van der Waals surface area contributed by atoms with E-state index in [1.807, 2.05) is 0 Å². The molecule has 1 rings (SSSR count). The van der Waals surface area contributed by atoms with Crippen LogP contribution in [0.4, 0.5) is 0 Å². The molecule has 0 radical (unpaired) electrons. The highest BCUT2D eigenvalue weighted by Crippen LogP contribution is 2.35. The highest BCUT2D eigenvalue weighted by Gasteiger charge is 2.40. The molecule has 0 saturated carbocycles. The van der Waals surface area contributed by atoms with Gasteiger partial charge in [-0.1, -0.05) is 41.5 Å². The van der Waals surface area contributed by atoms with Gasteiger partial charge in [0.1, 0.15) is 0 Å². The number of rotatable bonds is 0. The third-order valence-corrected chi connectivity index (χ3v) is 3.40. The van der Waals surface area contributed by atoms with Gasteiger partial charge in [-0.05, 0) is 10.8 Å². The second-order valence-electron chi connectivity index (χ2n) is 7.54. The molecule has 0 N–H and O–H groups in total. The summed E-state index contributed by atoms with van der Waals surface area (Å²) in [7, 11) is 0. The normalized spacial score (nSPS) is 28.5. The van der Waals surface area contributed by atoms with Crippen LogP contribution in [0.15, 0.2) is 0 Å². The van der Waals surface area contributed by atoms with Crippen molar-refractivity contribution in [2.45, 2.75) is 53.8 Å². The van der Waals surface area contributed by atoms with Crippen molar-refractivity contribution >= 4 is 0 Å². The molecular weight excluding hydrogens is 256 g/mol. The molecular formula is C16H32O4. The van der Waals surface area contributed by atoms with Crippen LogP contribution in [0, 0.1) is 10.8 Å². The van der Waals surface area contributed by atoms with Crippen LogP contribution < -0.4 is 0 Å². The Morgan fingerprint density at radius 1 is 0.550 bits per heavy atom. The molecule has 1 aliphatic heterocycles. The van der Waals surface area contributed by atoms with Gasteiger partial charge in [0.25, 0.3) is 0 Å². The largest absolute Gasteiger partial charge is 0.377 e.